The lowest BCUT2D eigenvalue weighted by atomic mass is 9.78. The van der Waals surface area contributed by atoms with E-state index in [4.69, 9.17) is 0 Å². The number of pyridine rings is 2. The monoisotopic (exact) mass is 456 g/mol. The van der Waals surface area contributed by atoms with Gasteiger partial charge in [0.2, 0.25) is 0 Å². The minimum Gasteiger partial charge on any atom is -0.369 e. The van der Waals surface area contributed by atoms with Crippen LogP contribution < -0.4 is 16.2 Å². The summed E-state index contributed by atoms with van der Waals surface area (Å²) in [5, 5.41) is 6.97. The Morgan fingerprint density at radius 2 is 1.94 bits per heavy atom. The van der Waals surface area contributed by atoms with Crippen molar-refractivity contribution >= 4 is 22.6 Å². The van der Waals surface area contributed by atoms with Gasteiger partial charge in [-0.3, -0.25) is 14.6 Å². The number of benzene rings is 1. The van der Waals surface area contributed by atoms with Crippen molar-refractivity contribution in [2.24, 2.45) is 7.05 Å². The zero-order chi connectivity index (χ0) is 24.3. The number of anilines is 1. The van der Waals surface area contributed by atoms with E-state index < -0.39 is 0 Å². The molecular formula is C26H28N6O2. The molecule has 174 valence electrons. The van der Waals surface area contributed by atoms with Gasteiger partial charge in [-0.1, -0.05) is 32.0 Å². The third-order valence-electron chi connectivity index (χ3n) is 6.40. The molecule has 1 amide bonds. The molecule has 4 aromatic rings. The van der Waals surface area contributed by atoms with Crippen molar-refractivity contribution in [3.63, 3.8) is 0 Å². The van der Waals surface area contributed by atoms with Crippen LogP contribution in [0.1, 0.15) is 36.2 Å². The summed E-state index contributed by atoms with van der Waals surface area (Å²) >= 11 is 0. The molecule has 0 radical (unpaired) electrons. The molecule has 2 N–H and O–H groups in total. The van der Waals surface area contributed by atoms with Crippen molar-refractivity contribution in [2.45, 2.75) is 25.7 Å². The van der Waals surface area contributed by atoms with E-state index in [-0.39, 0.29) is 16.9 Å². The van der Waals surface area contributed by atoms with Gasteiger partial charge in [-0.05, 0) is 24.1 Å². The number of rotatable bonds is 7. The number of nitrogens with zero attached hydrogens (tertiary/aromatic N) is 4. The average molecular weight is 457 g/mol. The second-order valence-electron chi connectivity index (χ2n) is 8.56. The predicted octanol–water partition coefficient (Wildman–Crippen LogP) is 3.53. The van der Waals surface area contributed by atoms with Crippen LogP contribution in [0.4, 0.5) is 5.82 Å². The van der Waals surface area contributed by atoms with E-state index in [1.54, 1.807) is 38.6 Å². The zero-order valence-electron chi connectivity index (χ0n) is 19.8. The van der Waals surface area contributed by atoms with Crippen LogP contribution in [-0.4, -0.2) is 39.0 Å². The van der Waals surface area contributed by atoms with Gasteiger partial charge in [-0.25, -0.2) is 9.97 Å². The Kier molecular flexibility index (Phi) is 6.40. The van der Waals surface area contributed by atoms with E-state index >= 15 is 0 Å². The smallest absolute Gasteiger partial charge is 0.251 e. The van der Waals surface area contributed by atoms with Crippen LogP contribution in [-0.2, 0) is 12.5 Å². The first-order valence-corrected chi connectivity index (χ1v) is 11.2. The molecule has 4 rings (SSSR count). The normalized spacial score (nSPS) is 12.8. The number of hydrogen-bond donors (Lipinski definition) is 2. The van der Waals surface area contributed by atoms with Crippen LogP contribution in [0.5, 0.6) is 0 Å². The van der Waals surface area contributed by atoms with Crippen LogP contribution in [0.25, 0.3) is 22.2 Å². The molecule has 1 atom stereocenters. The fourth-order valence-corrected chi connectivity index (χ4v) is 4.01. The standard InChI is InChI=1S/C26H28N6O2/c1-5-26(2,20-8-6-7-18-19(25(34)27-3)9-11-28-24(18)20)15-29-22-14-21(30-16-31-22)17-10-12-32(4)23(33)13-17/h6-14,16H,5,15H2,1-4H3,(H,27,34)(H,29,30,31)/t26-/m1/s1. The first-order valence-electron chi connectivity index (χ1n) is 11.2. The minimum absolute atomic E-state index is 0.0937. The Bertz CT molecular complexity index is 1410. The molecule has 0 aliphatic rings. The van der Waals surface area contributed by atoms with Gasteiger partial charge in [0.1, 0.15) is 12.1 Å². The first-order chi connectivity index (χ1) is 16.4. The summed E-state index contributed by atoms with van der Waals surface area (Å²) < 4.78 is 1.52. The summed E-state index contributed by atoms with van der Waals surface area (Å²) in [6.45, 7) is 4.90. The largest absolute Gasteiger partial charge is 0.369 e. The fraction of sp³-hybridized carbons (Fsp3) is 0.269. The maximum atomic E-state index is 12.4. The highest BCUT2D eigenvalue weighted by atomic mass is 16.1. The number of aromatic nitrogens is 4. The van der Waals surface area contributed by atoms with Gasteiger partial charge in [-0.15, -0.1) is 0 Å². The fourth-order valence-electron chi connectivity index (χ4n) is 4.01. The highest BCUT2D eigenvalue weighted by Crippen LogP contribution is 2.33. The third kappa shape index (κ3) is 4.39. The molecule has 0 aliphatic heterocycles. The topological polar surface area (TPSA) is 102 Å². The van der Waals surface area contributed by atoms with Gasteiger partial charge in [0.15, 0.2) is 0 Å². The Labute approximate surface area is 198 Å². The van der Waals surface area contributed by atoms with Crippen LogP contribution in [0.15, 0.2) is 66.0 Å². The van der Waals surface area contributed by atoms with Gasteiger partial charge >= 0.3 is 0 Å². The molecule has 0 unspecified atom stereocenters. The van der Waals surface area contributed by atoms with Gasteiger partial charge in [0, 0.05) is 61.5 Å². The van der Waals surface area contributed by atoms with Crippen molar-refractivity contribution in [1.82, 2.24) is 24.8 Å². The lowest BCUT2D eigenvalue weighted by molar-refractivity contribution is 0.0964. The molecular weight excluding hydrogens is 428 g/mol. The number of fused-ring (bicyclic) bond motifs is 1. The summed E-state index contributed by atoms with van der Waals surface area (Å²) in [4.78, 5) is 37.7. The number of hydrogen-bond acceptors (Lipinski definition) is 6. The number of para-hydroxylation sites is 1. The van der Waals surface area contributed by atoms with E-state index in [2.05, 4.69) is 45.5 Å². The third-order valence-corrected chi connectivity index (χ3v) is 6.40. The van der Waals surface area contributed by atoms with Gasteiger partial charge < -0.3 is 15.2 Å². The maximum Gasteiger partial charge on any atom is 0.251 e. The quantitative estimate of drug-likeness (QED) is 0.441. The van der Waals surface area contributed by atoms with Crippen LogP contribution in [0.2, 0.25) is 0 Å². The molecule has 0 saturated carbocycles. The SMILES string of the molecule is CC[C@](C)(CNc1cc(-c2ccn(C)c(=O)c2)ncn1)c1cccc2c(C(=O)NC)ccnc12. The summed E-state index contributed by atoms with van der Waals surface area (Å²) in [5.74, 6) is 0.537. The molecule has 0 bridgehead atoms. The van der Waals surface area contributed by atoms with Crippen LogP contribution >= 0.6 is 0 Å². The van der Waals surface area contributed by atoms with Crippen LogP contribution in [0, 0.1) is 0 Å². The Morgan fingerprint density at radius 3 is 2.68 bits per heavy atom. The maximum absolute atomic E-state index is 12.4. The summed E-state index contributed by atoms with van der Waals surface area (Å²) in [5.41, 5.74) is 3.53. The Balaban J connectivity index is 1.65. The summed E-state index contributed by atoms with van der Waals surface area (Å²) in [7, 11) is 3.34. The molecule has 1 aromatic carbocycles. The van der Waals surface area contributed by atoms with E-state index in [9.17, 15) is 9.59 Å². The minimum atomic E-state index is -0.276. The van der Waals surface area contributed by atoms with Gasteiger partial charge in [0.05, 0.1) is 16.8 Å². The van der Waals surface area contributed by atoms with Crippen molar-refractivity contribution in [2.75, 3.05) is 18.9 Å². The second-order valence-corrected chi connectivity index (χ2v) is 8.56. The van der Waals surface area contributed by atoms with E-state index in [0.717, 1.165) is 28.5 Å². The van der Waals surface area contributed by atoms with Gasteiger partial charge in [-0.2, -0.15) is 0 Å². The molecule has 8 nitrogen and oxygen atoms in total. The van der Waals surface area contributed by atoms with Crippen molar-refractivity contribution in [3.8, 4) is 11.3 Å². The molecule has 34 heavy (non-hydrogen) atoms. The molecule has 0 spiro atoms. The van der Waals surface area contributed by atoms with Crippen molar-refractivity contribution in [1.29, 1.82) is 0 Å². The highest BCUT2D eigenvalue weighted by Gasteiger charge is 2.28. The molecule has 8 heteroatoms. The first kappa shape index (κ1) is 23.1. The molecule has 0 fully saturated rings. The summed E-state index contributed by atoms with van der Waals surface area (Å²) in [6.07, 6.45) is 5.74. The highest BCUT2D eigenvalue weighted by molar-refractivity contribution is 6.06. The van der Waals surface area contributed by atoms with Crippen molar-refractivity contribution in [3.05, 3.63) is 82.7 Å². The molecule has 3 heterocycles. The number of nitrogens with one attached hydrogen (secondary N) is 2. The van der Waals surface area contributed by atoms with E-state index in [1.165, 1.54) is 10.9 Å². The van der Waals surface area contributed by atoms with Gasteiger partial charge in [0.25, 0.3) is 11.5 Å². The second kappa shape index (κ2) is 9.43. The molecule has 3 aromatic heterocycles. The average Bonchev–Trinajstić information content (AvgIpc) is 2.87. The van der Waals surface area contributed by atoms with E-state index in [1.807, 2.05) is 24.3 Å². The number of carbonyl (C=O) groups excluding carboxylic acids is 1. The lowest BCUT2D eigenvalue weighted by Crippen LogP contribution is -2.31. The summed E-state index contributed by atoms with van der Waals surface area (Å²) in [6, 6.07) is 13.0. The Morgan fingerprint density at radius 1 is 1.12 bits per heavy atom. The number of carbonyl (C=O) groups is 1. The van der Waals surface area contributed by atoms with E-state index in [0.29, 0.717) is 23.6 Å². The number of amides is 1. The predicted molar refractivity (Wildman–Crippen MR) is 134 cm³/mol. The Hall–Kier alpha value is -4.07. The number of aryl methyl sites for hydroxylation is 1. The zero-order valence-corrected chi connectivity index (χ0v) is 19.8. The lowest BCUT2D eigenvalue weighted by Gasteiger charge is -2.30. The molecule has 0 saturated heterocycles. The van der Waals surface area contributed by atoms with Crippen LogP contribution in [0.3, 0.4) is 0 Å². The van der Waals surface area contributed by atoms with Crippen molar-refractivity contribution < 1.29 is 4.79 Å². The molecule has 0 aliphatic carbocycles.